The molecule has 1 spiro atoms. The van der Waals surface area contributed by atoms with E-state index in [2.05, 4.69) is 34.1 Å². The fourth-order valence-corrected chi connectivity index (χ4v) is 3.32. The maximum absolute atomic E-state index is 12.3. The first kappa shape index (κ1) is 11.7. The molecule has 1 aliphatic carbocycles. The Bertz CT molecular complexity index is 730. The molecule has 102 valence electrons. The predicted octanol–water partition coefficient (Wildman–Crippen LogP) is 1.83. The quantitative estimate of drug-likeness (QED) is 0.791. The minimum absolute atomic E-state index is 0.0114. The molecule has 4 nitrogen and oxygen atoms in total. The monoisotopic (exact) mass is 267 g/mol. The molecule has 0 atom stereocenters. The highest BCUT2D eigenvalue weighted by molar-refractivity contribution is 5.49. The zero-order chi connectivity index (χ0) is 13.7. The summed E-state index contributed by atoms with van der Waals surface area (Å²) >= 11 is 0. The Hall–Kier alpha value is -2.10. The smallest absolute Gasteiger partial charge is 0.293 e. The summed E-state index contributed by atoms with van der Waals surface area (Å²) in [5.74, 6) is 0.579. The molecule has 1 fully saturated rings. The van der Waals surface area contributed by atoms with Gasteiger partial charge in [-0.15, -0.1) is 0 Å². The first-order valence-electron chi connectivity index (χ1n) is 7.05. The number of fused-ring (bicyclic) bond motifs is 2. The Morgan fingerprint density at radius 3 is 2.85 bits per heavy atom. The van der Waals surface area contributed by atoms with E-state index >= 15 is 0 Å². The summed E-state index contributed by atoms with van der Waals surface area (Å²) in [4.78, 5) is 18.7. The molecule has 0 N–H and O–H groups in total. The predicted molar refractivity (Wildman–Crippen MR) is 77.9 cm³/mol. The second-order valence-corrected chi connectivity index (χ2v) is 5.96. The van der Waals surface area contributed by atoms with Crippen LogP contribution in [-0.2, 0) is 19.0 Å². The van der Waals surface area contributed by atoms with Gasteiger partial charge in [-0.05, 0) is 24.0 Å². The Labute approximate surface area is 117 Å². The summed E-state index contributed by atoms with van der Waals surface area (Å²) in [5, 5.41) is 0. The molecule has 2 heterocycles. The van der Waals surface area contributed by atoms with E-state index in [1.54, 1.807) is 24.0 Å². The van der Waals surface area contributed by atoms with Crippen molar-refractivity contribution in [1.82, 2.24) is 9.55 Å². The molecule has 1 aromatic heterocycles. The molecule has 0 radical (unpaired) electrons. The molecule has 1 saturated carbocycles. The molecule has 2 aliphatic rings. The molecular weight excluding hydrogens is 250 g/mol. The van der Waals surface area contributed by atoms with Crippen molar-refractivity contribution in [3.8, 4) is 0 Å². The van der Waals surface area contributed by atoms with Gasteiger partial charge < -0.3 is 9.47 Å². The van der Waals surface area contributed by atoms with Crippen LogP contribution in [0.3, 0.4) is 0 Å². The standard InChI is InChI=1S/C16H17N3O/c1-18-9-8-17-14(15(18)20)19-10-12-4-2-3-5-13(12)16(11-19)6-7-16/h2-5,8-9H,6-7,10-11H2,1H3. The molecule has 0 amide bonds. The zero-order valence-corrected chi connectivity index (χ0v) is 11.5. The highest BCUT2D eigenvalue weighted by atomic mass is 16.1. The van der Waals surface area contributed by atoms with Crippen LogP contribution in [0.4, 0.5) is 5.82 Å². The average molecular weight is 267 g/mol. The van der Waals surface area contributed by atoms with E-state index in [1.807, 2.05) is 0 Å². The maximum atomic E-state index is 12.3. The van der Waals surface area contributed by atoms with Gasteiger partial charge in [-0.3, -0.25) is 4.79 Å². The zero-order valence-electron chi connectivity index (χ0n) is 11.5. The fourth-order valence-electron chi connectivity index (χ4n) is 3.32. The Morgan fingerprint density at radius 2 is 2.05 bits per heavy atom. The number of aryl methyl sites for hydroxylation is 1. The third-order valence-electron chi connectivity index (χ3n) is 4.60. The van der Waals surface area contributed by atoms with Gasteiger partial charge in [0.2, 0.25) is 0 Å². The number of anilines is 1. The summed E-state index contributed by atoms with van der Waals surface area (Å²) in [7, 11) is 1.78. The van der Waals surface area contributed by atoms with Crippen molar-refractivity contribution >= 4 is 5.82 Å². The average Bonchev–Trinajstić information content (AvgIpc) is 3.22. The van der Waals surface area contributed by atoms with E-state index in [0.717, 1.165) is 13.1 Å². The van der Waals surface area contributed by atoms with Gasteiger partial charge in [0.05, 0.1) is 0 Å². The van der Waals surface area contributed by atoms with E-state index in [0.29, 0.717) is 5.82 Å². The normalized spacial score (nSPS) is 18.9. The van der Waals surface area contributed by atoms with Crippen LogP contribution >= 0.6 is 0 Å². The number of benzene rings is 1. The summed E-state index contributed by atoms with van der Waals surface area (Å²) in [5.41, 5.74) is 3.06. The third-order valence-corrected chi connectivity index (χ3v) is 4.60. The lowest BCUT2D eigenvalue weighted by molar-refractivity contribution is 0.583. The molecule has 2 aromatic rings. The number of hydrogen-bond donors (Lipinski definition) is 0. The number of aromatic nitrogens is 2. The van der Waals surface area contributed by atoms with E-state index in [-0.39, 0.29) is 11.0 Å². The summed E-state index contributed by atoms with van der Waals surface area (Å²) in [6.07, 6.45) is 5.84. The molecule has 1 aromatic carbocycles. The number of nitrogens with zero attached hydrogens (tertiary/aromatic N) is 3. The Kier molecular flexibility index (Phi) is 2.31. The van der Waals surface area contributed by atoms with E-state index in [1.165, 1.54) is 24.0 Å². The molecule has 1 aliphatic heterocycles. The van der Waals surface area contributed by atoms with E-state index in [4.69, 9.17) is 0 Å². The van der Waals surface area contributed by atoms with Crippen molar-refractivity contribution in [2.75, 3.05) is 11.4 Å². The van der Waals surface area contributed by atoms with Crippen LogP contribution in [0.15, 0.2) is 41.5 Å². The van der Waals surface area contributed by atoms with Crippen LogP contribution in [0.2, 0.25) is 0 Å². The molecule has 4 rings (SSSR count). The van der Waals surface area contributed by atoms with Crippen molar-refractivity contribution in [2.45, 2.75) is 24.8 Å². The van der Waals surface area contributed by atoms with Crippen LogP contribution in [0.1, 0.15) is 24.0 Å². The van der Waals surface area contributed by atoms with Crippen molar-refractivity contribution < 1.29 is 0 Å². The second-order valence-electron chi connectivity index (χ2n) is 5.96. The van der Waals surface area contributed by atoms with Crippen LogP contribution < -0.4 is 10.5 Å². The van der Waals surface area contributed by atoms with E-state index < -0.39 is 0 Å². The molecule has 0 saturated heterocycles. The van der Waals surface area contributed by atoms with Crippen molar-refractivity contribution in [2.24, 2.45) is 7.05 Å². The van der Waals surface area contributed by atoms with Gasteiger partial charge in [-0.25, -0.2) is 4.98 Å². The molecule has 20 heavy (non-hydrogen) atoms. The lowest BCUT2D eigenvalue weighted by Crippen LogP contribution is -2.41. The van der Waals surface area contributed by atoms with Gasteiger partial charge >= 0.3 is 0 Å². The highest BCUT2D eigenvalue weighted by Crippen LogP contribution is 2.52. The molecular formula is C16H17N3O. The Morgan fingerprint density at radius 1 is 1.25 bits per heavy atom. The van der Waals surface area contributed by atoms with Gasteiger partial charge in [-0.1, -0.05) is 24.3 Å². The van der Waals surface area contributed by atoms with Gasteiger partial charge in [0.15, 0.2) is 5.82 Å². The number of rotatable bonds is 1. The summed E-state index contributed by atoms with van der Waals surface area (Å²) < 4.78 is 1.60. The largest absolute Gasteiger partial charge is 0.347 e. The first-order chi connectivity index (χ1) is 9.70. The topological polar surface area (TPSA) is 38.1 Å². The van der Waals surface area contributed by atoms with Gasteiger partial charge in [-0.2, -0.15) is 0 Å². The Balaban J connectivity index is 1.80. The fraction of sp³-hybridized carbons (Fsp3) is 0.375. The first-order valence-corrected chi connectivity index (χ1v) is 7.05. The molecule has 0 unspecified atom stereocenters. The van der Waals surface area contributed by atoms with Gasteiger partial charge in [0.1, 0.15) is 0 Å². The minimum atomic E-state index is -0.0114. The highest BCUT2D eigenvalue weighted by Gasteiger charge is 2.49. The molecule has 0 bridgehead atoms. The SMILES string of the molecule is Cn1ccnc(N2Cc3ccccc3C3(CC3)C2)c1=O. The third kappa shape index (κ3) is 1.60. The van der Waals surface area contributed by atoms with Gasteiger partial charge in [0, 0.05) is 37.9 Å². The van der Waals surface area contributed by atoms with Crippen LogP contribution in [0, 0.1) is 0 Å². The second kappa shape index (κ2) is 3.95. The van der Waals surface area contributed by atoms with Crippen LogP contribution in [-0.4, -0.2) is 16.1 Å². The maximum Gasteiger partial charge on any atom is 0.293 e. The lowest BCUT2D eigenvalue weighted by Gasteiger charge is -2.35. The minimum Gasteiger partial charge on any atom is -0.347 e. The number of hydrogen-bond acceptors (Lipinski definition) is 3. The van der Waals surface area contributed by atoms with Gasteiger partial charge in [0.25, 0.3) is 5.56 Å². The van der Waals surface area contributed by atoms with Crippen LogP contribution in [0.25, 0.3) is 0 Å². The lowest BCUT2D eigenvalue weighted by atomic mass is 9.87. The van der Waals surface area contributed by atoms with E-state index in [9.17, 15) is 4.79 Å². The van der Waals surface area contributed by atoms with Crippen molar-refractivity contribution in [3.05, 3.63) is 58.1 Å². The summed E-state index contributed by atoms with van der Waals surface area (Å²) in [6, 6.07) is 8.62. The van der Waals surface area contributed by atoms with Crippen LogP contribution in [0.5, 0.6) is 0 Å². The van der Waals surface area contributed by atoms with Crippen molar-refractivity contribution in [3.63, 3.8) is 0 Å². The summed E-state index contributed by atoms with van der Waals surface area (Å²) in [6.45, 7) is 1.69. The van der Waals surface area contributed by atoms with Crippen molar-refractivity contribution in [1.29, 1.82) is 0 Å². The molecule has 4 heteroatoms.